The molecule has 7 heteroatoms. The van der Waals surface area contributed by atoms with E-state index >= 15 is 0 Å². The molecule has 0 fully saturated rings. The number of carbonyl (C=O) groups is 1. The van der Waals surface area contributed by atoms with Crippen LogP contribution in [-0.4, -0.2) is 39.8 Å². The molecule has 7 nitrogen and oxygen atoms in total. The summed E-state index contributed by atoms with van der Waals surface area (Å²) in [5.41, 5.74) is 2.07. The van der Waals surface area contributed by atoms with Crippen LogP contribution < -0.4 is 10.2 Å². The lowest BCUT2D eigenvalue weighted by Gasteiger charge is -2.13. The van der Waals surface area contributed by atoms with Gasteiger partial charge in [-0.05, 0) is 24.3 Å². The summed E-state index contributed by atoms with van der Waals surface area (Å²) in [5.74, 6) is 0.242. The molecule has 116 valence electrons. The number of nitrogens with one attached hydrogen (secondary N) is 1. The van der Waals surface area contributed by atoms with Crippen LogP contribution in [0.3, 0.4) is 0 Å². The second-order valence-corrected chi connectivity index (χ2v) is 5.12. The first-order valence-corrected chi connectivity index (χ1v) is 7.04. The van der Waals surface area contributed by atoms with E-state index in [0.717, 1.165) is 5.69 Å². The van der Waals surface area contributed by atoms with Gasteiger partial charge in [-0.2, -0.15) is 5.10 Å². The van der Waals surface area contributed by atoms with Gasteiger partial charge in [-0.25, -0.2) is 14.6 Å². The van der Waals surface area contributed by atoms with Crippen LogP contribution in [0.1, 0.15) is 10.4 Å². The Morgan fingerprint density at radius 3 is 2.61 bits per heavy atom. The number of hydrogen-bond acceptors (Lipinski definition) is 5. The number of rotatable bonds is 4. The summed E-state index contributed by atoms with van der Waals surface area (Å²) in [4.78, 5) is 22.6. The third kappa shape index (κ3) is 3.34. The highest BCUT2D eigenvalue weighted by atomic mass is 16.1. The fourth-order valence-corrected chi connectivity index (χ4v) is 2.02. The van der Waals surface area contributed by atoms with Gasteiger partial charge in [-0.15, -0.1) is 0 Å². The number of carbonyl (C=O) groups excluding carboxylic acids is 1. The summed E-state index contributed by atoms with van der Waals surface area (Å²) < 4.78 is 1.55. The van der Waals surface area contributed by atoms with Crippen LogP contribution in [0, 0.1) is 0 Å². The molecule has 0 aliphatic carbocycles. The van der Waals surface area contributed by atoms with E-state index in [2.05, 4.69) is 20.4 Å². The molecule has 0 radical (unpaired) electrons. The van der Waals surface area contributed by atoms with E-state index in [1.807, 2.05) is 37.2 Å². The van der Waals surface area contributed by atoms with E-state index < -0.39 is 0 Å². The number of anilines is 2. The van der Waals surface area contributed by atoms with E-state index in [9.17, 15) is 4.79 Å². The van der Waals surface area contributed by atoms with Gasteiger partial charge in [0.05, 0.1) is 18.1 Å². The summed E-state index contributed by atoms with van der Waals surface area (Å²) in [6, 6.07) is 9.17. The molecular formula is C16H16N6O. The third-order valence-corrected chi connectivity index (χ3v) is 3.23. The monoisotopic (exact) mass is 308 g/mol. The first kappa shape index (κ1) is 14.7. The van der Waals surface area contributed by atoms with Crippen molar-refractivity contribution in [1.29, 1.82) is 0 Å². The fraction of sp³-hybridized carbons (Fsp3) is 0.125. The van der Waals surface area contributed by atoms with Gasteiger partial charge in [-0.3, -0.25) is 4.79 Å². The van der Waals surface area contributed by atoms with Crippen LogP contribution in [0.5, 0.6) is 0 Å². The minimum atomic E-state index is -0.205. The van der Waals surface area contributed by atoms with E-state index in [-0.39, 0.29) is 5.91 Å². The average molecular weight is 308 g/mol. The molecule has 2 aromatic heterocycles. The molecular weight excluding hydrogens is 292 g/mol. The van der Waals surface area contributed by atoms with Gasteiger partial charge in [0.1, 0.15) is 0 Å². The van der Waals surface area contributed by atoms with Gasteiger partial charge >= 0.3 is 0 Å². The zero-order chi connectivity index (χ0) is 16.2. The summed E-state index contributed by atoms with van der Waals surface area (Å²) in [6.45, 7) is 0. The van der Waals surface area contributed by atoms with E-state index in [1.54, 1.807) is 41.6 Å². The quantitative estimate of drug-likeness (QED) is 0.797. The van der Waals surface area contributed by atoms with Gasteiger partial charge in [0.2, 0.25) is 0 Å². The topological polar surface area (TPSA) is 75.9 Å². The highest BCUT2D eigenvalue weighted by Crippen LogP contribution is 2.15. The van der Waals surface area contributed by atoms with Crippen molar-refractivity contribution in [3.05, 3.63) is 60.7 Å². The Morgan fingerprint density at radius 1 is 1.17 bits per heavy atom. The average Bonchev–Trinajstić information content (AvgIpc) is 3.10. The van der Waals surface area contributed by atoms with Crippen molar-refractivity contribution >= 4 is 17.3 Å². The van der Waals surface area contributed by atoms with Gasteiger partial charge in [-0.1, -0.05) is 6.07 Å². The highest BCUT2D eigenvalue weighted by Gasteiger charge is 2.08. The standard InChI is InChI=1S/C16H16N6O/c1-21(2)14-6-3-5-12(9-14)15(23)20-13-10-17-16(18-11-13)22-8-4-7-19-22/h3-11H,1-2H3,(H,20,23). The van der Waals surface area contributed by atoms with E-state index in [0.29, 0.717) is 17.2 Å². The van der Waals surface area contributed by atoms with Gasteiger partial charge in [0, 0.05) is 37.7 Å². The zero-order valence-electron chi connectivity index (χ0n) is 12.8. The molecule has 23 heavy (non-hydrogen) atoms. The molecule has 1 aromatic carbocycles. The Hall–Kier alpha value is -3.22. The summed E-state index contributed by atoms with van der Waals surface area (Å²) in [7, 11) is 3.86. The second kappa shape index (κ2) is 6.27. The first-order valence-electron chi connectivity index (χ1n) is 7.04. The maximum atomic E-state index is 12.3. The van der Waals surface area contributed by atoms with Crippen LogP contribution in [-0.2, 0) is 0 Å². The molecule has 1 amide bonds. The summed E-state index contributed by atoms with van der Waals surface area (Å²) >= 11 is 0. The lowest BCUT2D eigenvalue weighted by atomic mass is 10.2. The number of aromatic nitrogens is 4. The Bertz CT molecular complexity index is 796. The maximum absolute atomic E-state index is 12.3. The van der Waals surface area contributed by atoms with E-state index in [1.165, 1.54) is 0 Å². The smallest absolute Gasteiger partial charge is 0.255 e. The molecule has 0 unspecified atom stereocenters. The van der Waals surface area contributed by atoms with Crippen molar-refractivity contribution < 1.29 is 4.79 Å². The minimum Gasteiger partial charge on any atom is -0.378 e. The first-order chi connectivity index (χ1) is 11.1. The van der Waals surface area contributed by atoms with Crippen molar-refractivity contribution in [1.82, 2.24) is 19.7 Å². The molecule has 0 aliphatic heterocycles. The van der Waals surface area contributed by atoms with Crippen LogP contribution >= 0.6 is 0 Å². The minimum absolute atomic E-state index is 0.205. The van der Waals surface area contributed by atoms with Crippen molar-refractivity contribution in [3.8, 4) is 5.95 Å². The Kier molecular flexibility index (Phi) is 4.01. The third-order valence-electron chi connectivity index (χ3n) is 3.23. The molecule has 0 spiro atoms. The lowest BCUT2D eigenvalue weighted by molar-refractivity contribution is 0.102. The molecule has 2 heterocycles. The molecule has 0 aliphatic rings. The summed E-state index contributed by atoms with van der Waals surface area (Å²) in [5, 5.41) is 6.84. The van der Waals surface area contributed by atoms with Crippen molar-refractivity contribution in [3.63, 3.8) is 0 Å². The molecule has 1 N–H and O–H groups in total. The van der Waals surface area contributed by atoms with Crippen LogP contribution in [0.2, 0.25) is 0 Å². The predicted octanol–water partition coefficient (Wildman–Crippen LogP) is 1.98. The molecule has 0 atom stereocenters. The number of benzene rings is 1. The maximum Gasteiger partial charge on any atom is 0.255 e. The van der Waals surface area contributed by atoms with E-state index in [4.69, 9.17) is 0 Å². The fourth-order valence-electron chi connectivity index (χ4n) is 2.02. The van der Waals surface area contributed by atoms with Gasteiger partial charge in [0.15, 0.2) is 0 Å². The predicted molar refractivity (Wildman–Crippen MR) is 87.9 cm³/mol. The Morgan fingerprint density at radius 2 is 1.96 bits per heavy atom. The number of hydrogen-bond donors (Lipinski definition) is 1. The summed E-state index contributed by atoms with van der Waals surface area (Å²) in [6.07, 6.45) is 6.51. The van der Waals surface area contributed by atoms with Crippen molar-refractivity contribution in [2.75, 3.05) is 24.3 Å². The number of amides is 1. The highest BCUT2D eigenvalue weighted by molar-refractivity contribution is 6.04. The molecule has 3 rings (SSSR count). The Balaban J connectivity index is 1.74. The van der Waals surface area contributed by atoms with Crippen LogP contribution in [0.25, 0.3) is 5.95 Å². The SMILES string of the molecule is CN(C)c1cccc(C(=O)Nc2cnc(-n3cccn3)nc2)c1. The number of nitrogens with zero attached hydrogens (tertiary/aromatic N) is 5. The Labute approximate surface area is 133 Å². The van der Waals surface area contributed by atoms with Crippen molar-refractivity contribution in [2.24, 2.45) is 0 Å². The second-order valence-electron chi connectivity index (χ2n) is 5.12. The molecule has 3 aromatic rings. The normalized spacial score (nSPS) is 10.3. The van der Waals surface area contributed by atoms with Crippen LogP contribution in [0.4, 0.5) is 11.4 Å². The molecule has 0 bridgehead atoms. The molecule has 0 saturated heterocycles. The lowest BCUT2D eigenvalue weighted by Crippen LogP contribution is -2.14. The largest absolute Gasteiger partial charge is 0.378 e. The van der Waals surface area contributed by atoms with Crippen molar-refractivity contribution in [2.45, 2.75) is 0 Å². The zero-order valence-corrected chi connectivity index (χ0v) is 12.8. The molecule has 0 saturated carbocycles. The van der Waals surface area contributed by atoms with Gasteiger partial charge < -0.3 is 10.2 Å². The van der Waals surface area contributed by atoms with Gasteiger partial charge in [0.25, 0.3) is 11.9 Å². The van der Waals surface area contributed by atoms with Crippen LogP contribution in [0.15, 0.2) is 55.1 Å².